The van der Waals surface area contributed by atoms with E-state index in [4.69, 9.17) is 0 Å². The van der Waals surface area contributed by atoms with Crippen molar-refractivity contribution >= 4 is 82.0 Å². The highest BCUT2D eigenvalue weighted by atomic mass is 15.1. The molecule has 72 heavy (non-hydrogen) atoms. The number of anilines is 3. The van der Waals surface area contributed by atoms with Gasteiger partial charge in [0, 0.05) is 33.5 Å². The molecule has 14 rings (SSSR count). The summed E-state index contributed by atoms with van der Waals surface area (Å²) in [5.41, 5.74) is 16.5. The zero-order valence-corrected chi connectivity index (χ0v) is 39.5. The first-order valence-electron chi connectivity index (χ1n) is 24.8. The van der Waals surface area contributed by atoms with E-state index in [0.717, 1.165) is 22.7 Å². The van der Waals surface area contributed by atoms with Gasteiger partial charge in [-0.05, 0) is 160 Å². The van der Waals surface area contributed by atoms with Crippen LogP contribution in [0.25, 0.3) is 115 Å². The Morgan fingerprint density at radius 1 is 0.222 bits per heavy atom. The van der Waals surface area contributed by atoms with Crippen molar-refractivity contribution < 1.29 is 0 Å². The van der Waals surface area contributed by atoms with E-state index in [9.17, 15) is 0 Å². The lowest BCUT2D eigenvalue weighted by atomic mass is 9.84. The Labute approximate surface area is 418 Å². The molecule has 0 amide bonds. The second kappa shape index (κ2) is 17.2. The van der Waals surface area contributed by atoms with Crippen molar-refractivity contribution in [3.63, 3.8) is 0 Å². The van der Waals surface area contributed by atoms with Gasteiger partial charge in [-0.25, -0.2) is 0 Å². The number of hydrogen-bond donors (Lipinski definition) is 0. The minimum Gasteiger partial charge on any atom is -0.310 e. The second-order valence-corrected chi connectivity index (χ2v) is 18.8. The third-order valence-electron chi connectivity index (χ3n) is 14.7. The molecular weight excluding hydrogens is 869 g/mol. The van der Waals surface area contributed by atoms with Gasteiger partial charge in [0.05, 0.1) is 11.0 Å². The quantitative estimate of drug-likeness (QED) is 0.138. The van der Waals surface area contributed by atoms with Crippen LogP contribution in [0.1, 0.15) is 0 Å². The zero-order valence-electron chi connectivity index (χ0n) is 39.5. The lowest BCUT2D eigenvalue weighted by Crippen LogP contribution is -2.09. The van der Waals surface area contributed by atoms with Crippen molar-refractivity contribution in [3.05, 3.63) is 279 Å². The molecule has 0 atom stereocenters. The van der Waals surface area contributed by atoms with E-state index in [1.165, 1.54) is 109 Å². The minimum absolute atomic E-state index is 1.09. The summed E-state index contributed by atoms with van der Waals surface area (Å²) < 4.78 is 2.37. The normalized spacial score (nSPS) is 11.6. The van der Waals surface area contributed by atoms with E-state index >= 15 is 0 Å². The molecule has 1 heterocycles. The molecule has 2 heteroatoms. The molecule has 0 radical (unpaired) electrons. The summed E-state index contributed by atoms with van der Waals surface area (Å²) >= 11 is 0. The number of rotatable bonds is 8. The fraction of sp³-hybridized carbons (Fsp3) is 0. The predicted octanol–water partition coefficient (Wildman–Crippen LogP) is 19.5. The molecule has 0 N–H and O–H groups in total. The van der Waals surface area contributed by atoms with Gasteiger partial charge in [0.15, 0.2) is 0 Å². The van der Waals surface area contributed by atoms with Crippen LogP contribution in [0.15, 0.2) is 279 Å². The smallest absolute Gasteiger partial charge is 0.0541 e. The van der Waals surface area contributed by atoms with Crippen LogP contribution in [0.5, 0.6) is 0 Å². The molecule has 2 nitrogen and oxygen atoms in total. The largest absolute Gasteiger partial charge is 0.310 e. The molecule has 13 aromatic carbocycles. The highest BCUT2D eigenvalue weighted by Crippen LogP contribution is 2.46. The van der Waals surface area contributed by atoms with Gasteiger partial charge in [-0.3, -0.25) is 0 Å². The van der Waals surface area contributed by atoms with Crippen molar-refractivity contribution in [2.45, 2.75) is 0 Å². The number of nitrogens with zero attached hydrogens (tertiary/aromatic N) is 2. The maximum Gasteiger partial charge on any atom is 0.0541 e. The fourth-order valence-corrected chi connectivity index (χ4v) is 11.4. The van der Waals surface area contributed by atoms with Gasteiger partial charge < -0.3 is 9.47 Å². The number of benzene rings is 13. The van der Waals surface area contributed by atoms with E-state index in [1.807, 2.05) is 0 Å². The summed E-state index contributed by atoms with van der Waals surface area (Å²) in [4.78, 5) is 2.39. The highest BCUT2D eigenvalue weighted by molar-refractivity contribution is 6.22. The van der Waals surface area contributed by atoms with Crippen LogP contribution in [0, 0.1) is 0 Å². The molecule has 0 aliphatic carbocycles. The molecule has 0 fully saturated rings. The second-order valence-electron chi connectivity index (χ2n) is 18.8. The summed E-state index contributed by atoms with van der Waals surface area (Å²) in [5.74, 6) is 0. The molecule has 0 saturated heterocycles. The van der Waals surface area contributed by atoms with Gasteiger partial charge in [0.25, 0.3) is 0 Å². The Kier molecular flexibility index (Phi) is 9.89. The lowest BCUT2D eigenvalue weighted by Gasteiger charge is -2.26. The van der Waals surface area contributed by atoms with Crippen molar-refractivity contribution in [2.75, 3.05) is 4.90 Å². The summed E-state index contributed by atoms with van der Waals surface area (Å²) in [6.45, 7) is 0. The average molecular weight is 915 g/mol. The lowest BCUT2D eigenvalue weighted by molar-refractivity contribution is 1.18. The number of aromatic nitrogens is 1. The predicted molar refractivity (Wildman–Crippen MR) is 307 cm³/mol. The Hall–Kier alpha value is -9.50. The summed E-state index contributed by atoms with van der Waals surface area (Å²) in [6.07, 6.45) is 0. The Balaban J connectivity index is 0.886. The van der Waals surface area contributed by atoms with Crippen LogP contribution in [0.3, 0.4) is 0 Å². The van der Waals surface area contributed by atoms with Crippen molar-refractivity contribution in [1.29, 1.82) is 0 Å². The van der Waals surface area contributed by atoms with E-state index in [1.54, 1.807) is 0 Å². The Morgan fingerprint density at radius 3 is 1.35 bits per heavy atom. The highest BCUT2D eigenvalue weighted by Gasteiger charge is 2.20. The molecule has 0 saturated carbocycles. The maximum absolute atomic E-state index is 2.41. The fourth-order valence-electron chi connectivity index (χ4n) is 11.4. The SMILES string of the molecule is c1ccc(-c2c(-c3ccccc3)c3cc(-c4ccc(N(c5ccc(-c6ccc7c(c6)c6ccccc6n7-c6ccccc6)cc5)c5ccc6c(ccc7ccccc76)c5)cc4)ccc3c3ccccc23)cc1. The Morgan fingerprint density at radius 2 is 0.667 bits per heavy atom. The number of para-hydroxylation sites is 2. The van der Waals surface area contributed by atoms with Crippen molar-refractivity contribution in [1.82, 2.24) is 4.57 Å². The first-order valence-corrected chi connectivity index (χ1v) is 24.8. The van der Waals surface area contributed by atoms with Crippen LogP contribution in [-0.2, 0) is 0 Å². The van der Waals surface area contributed by atoms with E-state index in [0.29, 0.717) is 0 Å². The standard InChI is InChI=1S/C70H46N2/c1-4-17-50(18-5-1)69-64-26-13-12-24-61(64)62-41-34-52(46-66(62)70(69)51-19-6-2-7-20-51)47-30-36-56(37-31-47)71(58-40-42-60-54(44-58)29-28-49-16-10-11-23-59(49)60)57-38-32-48(33-39-57)53-35-43-68-65(45-53)63-25-14-15-27-67(63)72(68)55-21-8-3-9-22-55/h1-46H. The van der Waals surface area contributed by atoms with Crippen LogP contribution in [0.2, 0.25) is 0 Å². The average Bonchev–Trinajstić information content (AvgIpc) is 3.79. The van der Waals surface area contributed by atoms with Crippen molar-refractivity contribution in [2.24, 2.45) is 0 Å². The molecule has 0 spiro atoms. The monoisotopic (exact) mass is 914 g/mol. The van der Waals surface area contributed by atoms with Gasteiger partial charge in [-0.2, -0.15) is 0 Å². The van der Waals surface area contributed by atoms with Gasteiger partial charge in [-0.15, -0.1) is 0 Å². The molecule has 0 bridgehead atoms. The summed E-state index contributed by atoms with van der Waals surface area (Å²) in [5, 5.41) is 12.5. The molecule has 14 aromatic rings. The third-order valence-corrected chi connectivity index (χ3v) is 14.7. The van der Waals surface area contributed by atoms with E-state index in [-0.39, 0.29) is 0 Å². The van der Waals surface area contributed by atoms with Gasteiger partial charge in [0.2, 0.25) is 0 Å². The van der Waals surface area contributed by atoms with Gasteiger partial charge >= 0.3 is 0 Å². The topological polar surface area (TPSA) is 8.17 Å². The zero-order chi connectivity index (χ0) is 47.5. The van der Waals surface area contributed by atoms with Crippen LogP contribution >= 0.6 is 0 Å². The van der Waals surface area contributed by atoms with Gasteiger partial charge in [-0.1, -0.05) is 206 Å². The van der Waals surface area contributed by atoms with Crippen molar-refractivity contribution in [3.8, 4) is 50.2 Å². The van der Waals surface area contributed by atoms with Crippen LogP contribution < -0.4 is 4.90 Å². The minimum atomic E-state index is 1.09. The van der Waals surface area contributed by atoms with Gasteiger partial charge in [0.1, 0.15) is 0 Å². The molecule has 0 aliphatic heterocycles. The summed E-state index contributed by atoms with van der Waals surface area (Å²) in [6, 6.07) is 102. The molecular formula is C70H46N2. The van der Waals surface area contributed by atoms with Crippen LogP contribution in [0.4, 0.5) is 17.1 Å². The molecule has 1 aromatic heterocycles. The number of fused-ring (bicyclic) bond motifs is 9. The molecule has 336 valence electrons. The van der Waals surface area contributed by atoms with Crippen LogP contribution in [-0.4, -0.2) is 4.57 Å². The first kappa shape index (κ1) is 41.5. The Bertz CT molecular complexity index is 4340. The maximum atomic E-state index is 2.41. The third kappa shape index (κ3) is 6.95. The molecule has 0 aliphatic rings. The van der Waals surface area contributed by atoms with E-state index < -0.39 is 0 Å². The number of hydrogen-bond acceptors (Lipinski definition) is 1. The first-order chi connectivity index (χ1) is 35.7. The summed E-state index contributed by atoms with van der Waals surface area (Å²) in [7, 11) is 0. The van der Waals surface area contributed by atoms with E-state index in [2.05, 4.69) is 289 Å². The molecule has 0 unspecified atom stereocenters.